The molecule has 1 N–H and O–H groups in total. The van der Waals surface area contributed by atoms with Crippen molar-refractivity contribution in [3.05, 3.63) is 83.9 Å². The van der Waals surface area contributed by atoms with E-state index in [1.165, 1.54) is 40.7 Å². The Hall–Kier alpha value is -3.21. The molecule has 3 rings (SSSR count). The van der Waals surface area contributed by atoms with Crippen molar-refractivity contribution in [3.8, 4) is 0 Å². The van der Waals surface area contributed by atoms with Gasteiger partial charge in [0.2, 0.25) is 15.9 Å². The van der Waals surface area contributed by atoms with Crippen molar-refractivity contribution in [3.63, 3.8) is 0 Å². The van der Waals surface area contributed by atoms with Crippen LogP contribution in [0.1, 0.15) is 44.7 Å². The Balaban J connectivity index is 1.88. The number of sulfonamides is 2. The van der Waals surface area contributed by atoms with Crippen molar-refractivity contribution in [2.24, 2.45) is 0 Å². The number of nitrogens with zero attached hydrogens (tertiary/aromatic N) is 2. The lowest BCUT2D eigenvalue weighted by Gasteiger charge is -2.24. The van der Waals surface area contributed by atoms with Crippen LogP contribution >= 0.6 is 0 Å². The molecule has 0 atom stereocenters. The van der Waals surface area contributed by atoms with E-state index in [0.29, 0.717) is 24.5 Å². The fourth-order valence-electron chi connectivity index (χ4n) is 3.93. The first-order valence-corrected chi connectivity index (χ1v) is 15.4. The molecule has 0 radical (unpaired) electrons. The molecule has 0 spiro atoms. The van der Waals surface area contributed by atoms with Crippen LogP contribution in [0, 0.1) is 6.92 Å². The predicted octanol–water partition coefficient (Wildman–Crippen LogP) is 4.98. The Morgan fingerprint density at radius 1 is 0.763 bits per heavy atom. The minimum absolute atomic E-state index is 0.0785. The minimum atomic E-state index is -4.05. The van der Waals surface area contributed by atoms with Crippen LogP contribution in [-0.2, 0) is 24.8 Å². The van der Waals surface area contributed by atoms with E-state index < -0.39 is 32.5 Å². The number of nitrogens with one attached hydrogen (secondary N) is 1. The van der Waals surface area contributed by atoms with E-state index in [0.717, 1.165) is 15.4 Å². The first kappa shape index (κ1) is 29.3. The monoisotopic (exact) mass is 557 g/mol. The highest BCUT2D eigenvalue weighted by Gasteiger charge is 2.28. The molecular weight excluding hydrogens is 522 g/mol. The van der Waals surface area contributed by atoms with Gasteiger partial charge in [0.15, 0.2) is 0 Å². The molecule has 0 fully saturated rings. The topological polar surface area (TPSA) is 104 Å². The average molecular weight is 558 g/mol. The van der Waals surface area contributed by atoms with Gasteiger partial charge in [0.05, 0.1) is 15.5 Å². The summed E-state index contributed by atoms with van der Waals surface area (Å²) in [5.41, 5.74) is 2.69. The highest BCUT2D eigenvalue weighted by molar-refractivity contribution is 7.92. The molecule has 8 nitrogen and oxygen atoms in total. The summed E-state index contributed by atoms with van der Waals surface area (Å²) in [6.45, 7) is 9.72. The molecule has 0 bridgehead atoms. The maximum absolute atomic E-state index is 13.6. The second kappa shape index (κ2) is 12.1. The molecule has 3 aromatic carbocycles. The first-order valence-electron chi connectivity index (χ1n) is 12.5. The predicted molar refractivity (Wildman–Crippen MR) is 151 cm³/mol. The van der Waals surface area contributed by atoms with Crippen molar-refractivity contribution in [2.75, 3.05) is 29.3 Å². The van der Waals surface area contributed by atoms with Crippen molar-refractivity contribution in [1.29, 1.82) is 0 Å². The number of amides is 1. The summed E-state index contributed by atoms with van der Waals surface area (Å²) >= 11 is 0. The number of rotatable bonds is 11. The van der Waals surface area contributed by atoms with Gasteiger partial charge in [0, 0.05) is 18.8 Å². The van der Waals surface area contributed by atoms with Crippen LogP contribution in [0.2, 0.25) is 0 Å². The second-order valence-corrected chi connectivity index (χ2v) is 13.0. The van der Waals surface area contributed by atoms with Gasteiger partial charge >= 0.3 is 0 Å². The molecule has 0 heterocycles. The molecule has 0 saturated carbocycles. The van der Waals surface area contributed by atoms with E-state index in [1.54, 1.807) is 38.1 Å². The lowest BCUT2D eigenvalue weighted by molar-refractivity contribution is -0.114. The zero-order valence-corrected chi connectivity index (χ0v) is 24.0. The van der Waals surface area contributed by atoms with Crippen LogP contribution in [0.4, 0.5) is 11.4 Å². The van der Waals surface area contributed by atoms with Crippen molar-refractivity contribution in [1.82, 2.24) is 4.31 Å². The zero-order valence-electron chi connectivity index (χ0n) is 22.4. The molecule has 0 saturated heterocycles. The average Bonchev–Trinajstić information content (AvgIpc) is 2.88. The van der Waals surface area contributed by atoms with E-state index in [2.05, 4.69) is 5.32 Å². The maximum Gasteiger partial charge on any atom is 0.264 e. The SMILES string of the molecule is CCN(CC)S(=O)(=O)c1ccc(NC(=O)CN(c2ccc(C(C)C)cc2)S(=O)(=O)c2ccc(C)cc2)cc1. The van der Waals surface area contributed by atoms with Gasteiger partial charge in [0.25, 0.3) is 10.0 Å². The summed E-state index contributed by atoms with van der Waals surface area (Å²) in [4.78, 5) is 13.2. The molecule has 204 valence electrons. The minimum Gasteiger partial charge on any atom is -0.325 e. The summed E-state index contributed by atoms with van der Waals surface area (Å²) in [5, 5.41) is 2.69. The number of carbonyl (C=O) groups excluding carboxylic acids is 1. The molecular formula is C28H35N3O5S2. The Bertz CT molecular complexity index is 1450. The number of carbonyl (C=O) groups is 1. The largest absolute Gasteiger partial charge is 0.325 e. The van der Waals surface area contributed by atoms with Crippen LogP contribution in [-0.4, -0.2) is 46.7 Å². The highest BCUT2D eigenvalue weighted by Crippen LogP contribution is 2.26. The van der Waals surface area contributed by atoms with Gasteiger partial charge in [0.1, 0.15) is 6.54 Å². The second-order valence-electron chi connectivity index (χ2n) is 9.23. The molecule has 0 aliphatic carbocycles. The van der Waals surface area contributed by atoms with Crippen molar-refractivity contribution >= 4 is 37.3 Å². The number of anilines is 2. The van der Waals surface area contributed by atoms with E-state index >= 15 is 0 Å². The third-order valence-electron chi connectivity index (χ3n) is 6.23. The lowest BCUT2D eigenvalue weighted by atomic mass is 10.0. The quantitative estimate of drug-likeness (QED) is 0.358. The fourth-order valence-corrected chi connectivity index (χ4v) is 6.81. The number of hydrogen-bond acceptors (Lipinski definition) is 5. The summed E-state index contributed by atoms with van der Waals surface area (Å²) in [7, 11) is -7.68. The molecule has 10 heteroatoms. The van der Waals surface area contributed by atoms with Crippen LogP contribution in [0.15, 0.2) is 82.6 Å². The normalized spacial score (nSPS) is 12.1. The lowest BCUT2D eigenvalue weighted by Crippen LogP contribution is -2.38. The van der Waals surface area contributed by atoms with Crippen LogP contribution in [0.25, 0.3) is 0 Å². The van der Waals surface area contributed by atoms with Crippen LogP contribution in [0.3, 0.4) is 0 Å². The van der Waals surface area contributed by atoms with E-state index in [4.69, 9.17) is 0 Å². The van der Waals surface area contributed by atoms with Crippen molar-refractivity contribution in [2.45, 2.75) is 50.3 Å². The summed E-state index contributed by atoms with van der Waals surface area (Å²) in [5.74, 6) is -0.295. The van der Waals surface area contributed by atoms with E-state index in [9.17, 15) is 21.6 Å². The fraction of sp³-hybridized carbons (Fsp3) is 0.321. The van der Waals surface area contributed by atoms with Gasteiger partial charge in [-0.3, -0.25) is 9.10 Å². The highest BCUT2D eigenvalue weighted by atomic mass is 32.2. The van der Waals surface area contributed by atoms with Crippen molar-refractivity contribution < 1.29 is 21.6 Å². The molecule has 0 unspecified atom stereocenters. The number of aryl methyl sites for hydroxylation is 1. The Morgan fingerprint density at radius 3 is 1.76 bits per heavy atom. The third kappa shape index (κ3) is 6.61. The van der Waals surface area contributed by atoms with Gasteiger partial charge in [-0.2, -0.15) is 4.31 Å². The molecule has 0 aliphatic heterocycles. The first-order chi connectivity index (χ1) is 17.9. The zero-order chi connectivity index (χ0) is 28.1. The number of benzene rings is 3. The Morgan fingerprint density at radius 2 is 1.26 bits per heavy atom. The molecule has 3 aromatic rings. The molecule has 38 heavy (non-hydrogen) atoms. The number of hydrogen-bond donors (Lipinski definition) is 1. The van der Waals surface area contributed by atoms with Gasteiger partial charge in [-0.05, 0) is 66.9 Å². The van der Waals surface area contributed by atoms with Gasteiger partial charge in [-0.1, -0.05) is 57.5 Å². The molecule has 1 amide bonds. The van der Waals surface area contributed by atoms with E-state index in [1.807, 2.05) is 32.9 Å². The van der Waals surface area contributed by atoms with Crippen LogP contribution in [0.5, 0.6) is 0 Å². The van der Waals surface area contributed by atoms with Crippen LogP contribution < -0.4 is 9.62 Å². The van der Waals surface area contributed by atoms with Gasteiger partial charge in [-0.15, -0.1) is 0 Å². The summed E-state index contributed by atoms with van der Waals surface area (Å²) in [6, 6.07) is 19.4. The standard InChI is InChI=1S/C28H35N3O5S2/c1-6-30(7-2)37(33,34)26-18-12-24(13-19-26)29-28(32)20-31(25-14-10-23(11-15-25)21(3)4)38(35,36)27-16-8-22(5)9-17-27/h8-19,21H,6-7,20H2,1-5H3,(H,29,32). The maximum atomic E-state index is 13.6. The van der Waals surface area contributed by atoms with Gasteiger partial charge in [-0.25, -0.2) is 16.8 Å². The Kier molecular flexibility index (Phi) is 9.35. The third-order valence-corrected chi connectivity index (χ3v) is 10.1. The summed E-state index contributed by atoms with van der Waals surface area (Å²) in [6.07, 6.45) is 0. The molecule has 0 aromatic heterocycles. The summed E-state index contributed by atoms with van der Waals surface area (Å²) < 4.78 is 55.1. The molecule has 0 aliphatic rings. The Labute approximate surface area is 226 Å². The van der Waals surface area contributed by atoms with Gasteiger partial charge < -0.3 is 5.32 Å². The van der Waals surface area contributed by atoms with E-state index in [-0.39, 0.29) is 15.7 Å². The smallest absolute Gasteiger partial charge is 0.264 e.